The zero-order valence-electron chi connectivity index (χ0n) is 13.8. The minimum Gasteiger partial charge on any atom is -0.462 e. The van der Waals surface area contributed by atoms with Crippen LogP contribution in [0.5, 0.6) is 0 Å². The Bertz CT molecular complexity index is 573. The van der Waals surface area contributed by atoms with E-state index in [0.717, 1.165) is 24.0 Å². The summed E-state index contributed by atoms with van der Waals surface area (Å²) >= 11 is 0. The molecular formula is C18H24O4. The summed E-state index contributed by atoms with van der Waals surface area (Å²) in [4.78, 5) is 35.7. The SMILES string of the molecule is CCCCOC(=O)c1cc(C(=O)CC(=O)CC)cc(C)c1C. The van der Waals surface area contributed by atoms with Crippen LogP contribution < -0.4 is 0 Å². The molecule has 0 aliphatic rings. The first-order chi connectivity index (χ1) is 10.4. The van der Waals surface area contributed by atoms with Crippen molar-refractivity contribution in [3.8, 4) is 0 Å². The van der Waals surface area contributed by atoms with E-state index < -0.39 is 5.97 Å². The summed E-state index contributed by atoms with van der Waals surface area (Å²) in [6.07, 6.45) is 1.97. The Morgan fingerprint density at radius 2 is 1.77 bits per heavy atom. The maximum absolute atomic E-state index is 12.1. The van der Waals surface area contributed by atoms with Crippen LogP contribution in [0.3, 0.4) is 0 Å². The lowest BCUT2D eigenvalue weighted by molar-refractivity contribution is -0.117. The fourth-order valence-corrected chi connectivity index (χ4v) is 2.03. The summed E-state index contributed by atoms with van der Waals surface area (Å²) in [6.45, 7) is 7.80. The molecule has 0 N–H and O–H groups in total. The van der Waals surface area contributed by atoms with Gasteiger partial charge in [-0.3, -0.25) is 9.59 Å². The maximum Gasteiger partial charge on any atom is 0.338 e. The van der Waals surface area contributed by atoms with E-state index in [-0.39, 0.29) is 18.0 Å². The quantitative estimate of drug-likeness (QED) is 0.317. The summed E-state index contributed by atoms with van der Waals surface area (Å²) in [5, 5.41) is 0. The third-order valence-electron chi connectivity index (χ3n) is 3.69. The second-order valence-electron chi connectivity index (χ2n) is 5.45. The largest absolute Gasteiger partial charge is 0.462 e. The second kappa shape index (κ2) is 8.47. The average Bonchev–Trinajstić information content (AvgIpc) is 2.49. The minimum absolute atomic E-state index is 0.102. The Morgan fingerprint density at radius 1 is 1.09 bits per heavy atom. The fraction of sp³-hybridized carbons (Fsp3) is 0.500. The zero-order valence-corrected chi connectivity index (χ0v) is 13.8. The Morgan fingerprint density at radius 3 is 2.36 bits per heavy atom. The van der Waals surface area contributed by atoms with Crippen LogP contribution in [0.25, 0.3) is 0 Å². The summed E-state index contributed by atoms with van der Waals surface area (Å²) in [7, 11) is 0. The number of esters is 1. The molecule has 0 bridgehead atoms. The van der Waals surface area contributed by atoms with Gasteiger partial charge in [-0.25, -0.2) is 4.79 Å². The number of ketones is 2. The number of hydrogen-bond donors (Lipinski definition) is 0. The number of ether oxygens (including phenoxy) is 1. The molecule has 4 heteroatoms. The zero-order chi connectivity index (χ0) is 16.7. The first kappa shape index (κ1) is 18.1. The Labute approximate surface area is 131 Å². The number of hydrogen-bond acceptors (Lipinski definition) is 4. The molecule has 0 amide bonds. The van der Waals surface area contributed by atoms with Crippen molar-refractivity contribution >= 4 is 17.5 Å². The van der Waals surface area contributed by atoms with Crippen molar-refractivity contribution in [2.75, 3.05) is 6.61 Å². The first-order valence-corrected chi connectivity index (χ1v) is 7.73. The molecule has 1 aromatic rings. The predicted octanol–water partition coefficient (Wildman–Crippen LogP) is 3.81. The van der Waals surface area contributed by atoms with Gasteiger partial charge in [0.25, 0.3) is 0 Å². The lowest BCUT2D eigenvalue weighted by Crippen LogP contribution is -2.13. The van der Waals surface area contributed by atoms with Crippen LogP contribution in [-0.4, -0.2) is 24.1 Å². The van der Waals surface area contributed by atoms with E-state index in [0.29, 0.717) is 24.2 Å². The number of benzene rings is 1. The molecule has 1 rings (SSSR count). The van der Waals surface area contributed by atoms with Crippen LogP contribution in [0.4, 0.5) is 0 Å². The van der Waals surface area contributed by atoms with Gasteiger partial charge in [0.1, 0.15) is 5.78 Å². The van der Waals surface area contributed by atoms with Crippen LogP contribution in [-0.2, 0) is 9.53 Å². The van der Waals surface area contributed by atoms with Crippen LogP contribution in [0.2, 0.25) is 0 Å². The van der Waals surface area contributed by atoms with Gasteiger partial charge in [0.2, 0.25) is 0 Å². The Balaban J connectivity index is 3.01. The van der Waals surface area contributed by atoms with E-state index >= 15 is 0 Å². The number of aryl methyl sites for hydroxylation is 1. The van der Waals surface area contributed by atoms with Crippen molar-refractivity contribution in [3.63, 3.8) is 0 Å². The molecular weight excluding hydrogens is 280 g/mol. The molecule has 0 fully saturated rings. The molecule has 0 atom stereocenters. The van der Waals surface area contributed by atoms with Crippen LogP contribution in [0.15, 0.2) is 12.1 Å². The van der Waals surface area contributed by atoms with E-state index in [1.165, 1.54) is 0 Å². The van der Waals surface area contributed by atoms with Gasteiger partial charge in [-0.2, -0.15) is 0 Å². The van der Waals surface area contributed by atoms with Crippen molar-refractivity contribution in [1.82, 2.24) is 0 Å². The third-order valence-corrected chi connectivity index (χ3v) is 3.69. The number of rotatable bonds is 8. The van der Waals surface area contributed by atoms with Gasteiger partial charge >= 0.3 is 5.97 Å². The van der Waals surface area contributed by atoms with Gasteiger partial charge < -0.3 is 4.74 Å². The molecule has 0 unspecified atom stereocenters. The average molecular weight is 304 g/mol. The van der Waals surface area contributed by atoms with E-state index in [9.17, 15) is 14.4 Å². The van der Waals surface area contributed by atoms with Gasteiger partial charge in [0, 0.05) is 12.0 Å². The van der Waals surface area contributed by atoms with Gasteiger partial charge in [-0.05, 0) is 43.5 Å². The number of carbonyl (C=O) groups is 3. The Kier molecular flexibility index (Phi) is 6.96. The lowest BCUT2D eigenvalue weighted by atomic mass is 9.96. The van der Waals surface area contributed by atoms with Crippen LogP contribution in [0.1, 0.15) is 71.4 Å². The molecule has 0 aliphatic carbocycles. The van der Waals surface area contributed by atoms with Crippen molar-refractivity contribution in [2.24, 2.45) is 0 Å². The van der Waals surface area contributed by atoms with Gasteiger partial charge in [0.05, 0.1) is 18.6 Å². The van der Waals surface area contributed by atoms with Crippen molar-refractivity contribution < 1.29 is 19.1 Å². The van der Waals surface area contributed by atoms with Crippen LogP contribution in [0, 0.1) is 13.8 Å². The molecule has 0 aliphatic heterocycles. The van der Waals surface area contributed by atoms with Crippen molar-refractivity contribution in [1.29, 1.82) is 0 Å². The normalized spacial score (nSPS) is 10.4. The highest BCUT2D eigenvalue weighted by molar-refractivity contribution is 6.09. The standard InChI is InChI=1S/C18H24O4/c1-5-7-8-22-18(21)16-10-14(9-12(3)13(16)4)17(20)11-15(19)6-2/h9-10H,5-8,11H2,1-4H3. The first-order valence-electron chi connectivity index (χ1n) is 7.73. The minimum atomic E-state index is -0.412. The Hall–Kier alpha value is -1.97. The molecule has 0 spiro atoms. The van der Waals surface area contributed by atoms with Crippen LogP contribution >= 0.6 is 0 Å². The third kappa shape index (κ3) is 4.79. The molecule has 0 heterocycles. The highest BCUT2D eigenvalue weighted by atomic mass is 16.5. The molecule has 1 aromatic carbocycles. The molecule has 4 nitrogen and oxygen atoms in total. The molecule has 22 heavy (non-hydrogen) atoms. The van der Waals surface area contributed by atoms with Gasteiger partial charge in [-0.1, -0.05) is 20.3 Å². The van der Waals surface area contributed by atoms with E-state index in [4.69, 9.17) is 4.74 Å². The molecule has 0 saturated heterocycles. The monoisotopic (exact) mass is 304 g/mol. The van der Waals surface area contributed by atoms with E-state index in [1.807, 2.05) is 20.8 Å². The number of unbranched alkanes of at least 4 members (excludes halogenated alkanes) is 1. The number of Topliss-reactive ketones (excluding diaryl/α,β-unsaturated/α-hetero) is 2. The van der Waals surface area contributed by atoms with Gasteiger partial charge in [-0.15, -0.1) is 0 Å². The number of carbonyl (C=O) groups excluding carboxylic acids is 3. The fourth-order valence-electron chi connectivity index (χ4n) is 2.03. The highest BCUT2D eigenvalue weighted by Crippen LogP contribution is 2.19. The maximum atomic E-state index is 12.1. The lowest BCUT2D eigenvalue weighted by Gasteiger charge is -2.11. The van der Waals surface area contributed by atoms with Crippen molar-refractivity contribution in [3.05, 3.63) is 34.4 Å². The molecule has 120 valence electrons. The van der Waals surface area contributed by atoms with Crippen molar-refractivity contribution in [2.45, 2.75) is 53.4 Å². The van der Waals surface area contributed by atoms with E-state index in [2.05, 4.69) is 0 Å². The van der Waals surface area contributed by atoms with E-state index in [1.54, 1.807) is 19.1 Å². The molecule has 0 saturated carbocycles. The summed E-state index contributed by atoms with van der Waals surface area (Å²) in [5.41, 5.74) is 2.45. The summed E-state index contributed by atoms with van der Waals surface area (Å²) in [6, 6.07) is 3.27. The highest BCUT2D eigenvalue weighted by Gasteiger charge is 2.18. The molecule has 0 radical (unpaired) electrons. The smallest absolute Gasteiger partial charge is 0.338 e. The summed E-state index contributed by atoms with van der Waals surface area (Å²) in [5.74, 6) is -0.765. The predicted molar refractivity (Wildman–Crippen MR) is 85.4 cm³/mol. The summed E-state index contributed by atoms with van der Waals surface area (Å²) < 4.78 is 5.22. The molecule has 0 aromatic heterocycles. The second-order valence-corrected chi connectivity index (χ2v) is 5.45. The van der Waals surface area contributed by atoms with Gasteiger partial charge in [0.15, 0.2) is 5.78 Å². The topological polar surface area (TPSA) is 60.4 Å².